The van der Waals surface area contributed by atoms with E-state index in [4.69, 9.17) is 4.55 Å². The van der Waals surface area contributed by atoms with Crippen molar-refractivity contribution in [2.75, 3.05) is 5.75 Å². The Kier molecular flexibility index (Phi) is 3.41. The highest BCUT2D eigenvalue weighted by Crippen LogP contribution is 1.96. The number of carbonyl (C=O) groups is 1. The van der Waals surface area contributed by atoms with Gasteiger partial charge in [0.05, 0.1) is 5.75 Å². The Labute approximate surface area is 65.7 Å². The van der Waals surface area contributed by atoms with Crippen molar-refractivity contribution in [2.45, 2.75) is 6.92 Å². The first-order valence-electron chi connectivity index (χ1n) is 2.81. The van der Waals surface area contributed by atoms with E-state index in [1.807, 2.05) is 0 Å². The first-order chi connectivity index (χ1) is 4.83. The first-order valence-corrected chi connectivity index (χ1v) is 4.42. The summed E-state index contributed by atoms with van der Waals surface area (Å²) in [5, 5.41) is 0. The van der Waals surface area contributed by atoms with Gasteiger partial charge in [-0.15, -0.1) is 0 Å². The van der Waals surface area contributed by atoms with Crippen LogP contribution in [-0.2, 0) is 14.9 Å². The first kappa shape index (κ1) is 10.3. The molecule has 5 heteroatoms. The van der Waals surface area contributed by atoms with Gasteiger partial charge >= 0.3 is 0 Å². The van der Waals surface area contributed by atoms with Gasteiger partial charge in [0.1, 0.15) is 0 Å². The maximum Gasteiger partial charge on any atom is 0.265 e. The number of rotatable bonds is 4. The molecule has 0 amide bonds. The topological polar surface area (TPSA) is 71.4 Å². The molecular weight excluding hydrogens is 168 g/mol. The van der Waals surface area contributed by atoms with E-state index in [1.165, 1.54) is 6.92 Å². The van der Waals surface area contributed by atoms with Crippen molar-refractivity contribution in [3.05, 3.63) is 18.6 Å². The standard InChI is InChI=1S/C6H9O4S/c1-5(2)6(7)3-4-11(8,9)10/h3H,1,4H2,2H3,(H,8,9,10). The third-order valence-electron chi connectivity index (χ3n) is 0.900. The van der Waals surface area contributed by atoms with Crippen LogP contribution in [0.1, 0.15) is 6.92 Å². The highest BCUT2D eigenvalue weighted by atomic mass is 32.2. The Morgan fingerprint density at radius 3 is 2.36 bits per heavy atom. The van der Waals surface area contributed by atoms with E-state index in [1.54, 1.807) is 0 Å². The minimum Gasteiger partial charge on any atom is -0.294 e. The Morgan fingerprint density at radius 2 is 2.09 bits per heavy atom. The number of hydrogen-bond donors (Lipinski definition) is 1. The molecule has 0 fully saturated rings. The molecule has 0 atom stereocenters. The van der Waals surface area contributed by atoms with Crippen molar-refractivity contribution in [2.24, 2.45) is 0 Å². The van der Waals surface area contributed by atoms with Crippen molar-refractivity contribution in [1.82, 2.24) is 0 Å². The maximum absolute atomic E-state index is 10.7. The lowest BCUT2D eigenvalue weighted by atomic mass is 10.2. The molecule has 0 bridgehead atoms. The summed E-state index contributed by atoms with van der Waals surface area (Å²) in [6.07, 6.45) is 0.873. The molecule has 0 unspecified atom stereocenters. The summed E-state index contributed by atoms with van der Waals surface area (Å²) in [4.78, 5) is 10.7. The van der Waals surface area contributed by atoms with Gasteiger partial charge in [0.2, 0.25) is 0 Å². The van der Waals surface area contributed by atoms with Gasteiger partial charge in [-0.25, -0.2) is 0 Å². The minimum absolute atomic E-state index is 0.244. The lowest BCUT2D eigenvalue weighted by Crippen LogP contribution is -2.10. The summed E-state index contributed by atoms with van der Waals surface area (Å²) in [6.45, 7) is 4.76. The molecule has 0 aliphatic carbocycles. The second-order valence-electron chi connectivity index (χ2n) is 2.10. The maximum atomic E-state index is 10.7. The monoisotopic (exact) mass is 177 g/mol. The van der Waals surface area contributed by atoms with Crippen LogP contribution in [-0.4, -0.2) is 24.5 Å². The van der Waals surface area contributed by atoms with Crippen LogP contribution < -0.4 is 0 Å². The Balaban J connectivity index is 3.92. The lowest BCUT2D eigenvalue weighted by Gasteiger charge is -1.95. The van der Waals surface area contributed by atoms with Gasteiger partial charge in [0.15, 0.2) is 5.78 Å². The molecule has 0 saturated carbocycles. The summed E-state index contributed by atoms with van der Waals surface area (Å²) in [7, 11) is -4.07. The Hall–Kier alpha value is -0.680. The fraction of sp³-hybridized carbons (Fsp3) is 0.333. The summed E-state index contributed by atoms with van der Waals surface area (Å²) < 4.78 is 28.4. The van der Waals surface area contributed by atoms with Gasteiger partial charge in [0.25, 0.3) is 10.1 Å². The van der Waals surface area contributed by atoms with E-state index < -0.39 is 21.7 Å². The minimum atomic E-state index is -4.07. The van der Waals surface area contributed by atoms with Gasteiger partial charge in [0, 0.05) is 6.42 Å². The second kappa shape index (κ2) is 3.64. The molecule has 1 N–H and O–H groups in total. The zero-order valence-corrected chi connectivity index (χ0v) is 6.89. The molecule has 1 radical (unpaired) electrons. The summed E-state index contributed by atoms with van der Waals surface area (Å²) >= 11 is 0. The van der Waals surface area contributed by atoms with E-state index in [-0.39, 0.29) is 5.57 Å². The van der Waals surface area contributed by atoms with Crippen LogP contribution in [0.25, 0.3) is 0 Å². The predicted octanol–water partition coefficient (Wildman–Crippen LogP) is 0.224. The zero-order chi connectivity index (χ0) is 9.07. The van der Waals surface area contributed by atoms with E-state index in [0.29, 0.717) is 0 Å². The molecule has 0 saturated heterocycles. The van der Waals surface area contributed by atoms with Crippen LogP contribution in [0.15, 0.2) is 12.2 Å². The Morgan fingerprint density at radius 1 is 1.64 bits per heavy atom. The third kappa shape index (κ3) is 5.75. The molecular formula is C6H9O4S. The van der Waals surface area contributed by atoms with Crippen LogP contribution >= 0.6 is 0 Å². The van der Waals surface area contributed by atoms with Crippen molar-refractivity contribution in [3.63, 3.8) is 0 Å². The second-order valence-corrected chi connectivity index (χ2v) is 3.59. The van der Waals surface area contributed by atoms with Crippen molar-refractivity contribution in [3.8, 4) is 0 Å². The molecule has 0 aromatic rings. The normalized spacial score (nSPS) is 11.1. The van der Waals surface area contributed by atoms with Crippen molar-refractivity contribution >= 4 is 15.9 Å². The molecule has 4 nitrogen and oxygen atoms in total. The molecule has 0 aromatic heterocycles. The van der Waals surface area contributed by atoms with Gasteiger partial charge < -0.3 is 0 Å². The molecule has 11 heavy (non-hydrogen) atoms. The fourth-order valence-electron chi connectivity index (χ4n) is 0.355. The van der Waals surface area contributed by atoms with E-state index in [9.17, 15) is 13.2 Å². The lowest BCUT2D eigenvalue weighted by molar-refractivity contribution is -0.112. The molecule has 0 heterocycles. The average Bonchev–Trinajstić information content (AvgIpc) is 1.80. The number of ketones is 1. The molecule has 0 aliphatic rings. The number of Topliss-reactive ketones (excluding diaryl/α,β-unsaturated/α-hetero) is 1. The molecule has 0 spiro atoms. The zero-order valence-electron chi connectivity index (χ0n) is 6.07. The van der Waals surface area contributed by atoms with Crippen LogP contribution in [0, 0.1) is 6.42 Å². The SMILES string of the molecule is C=C(C)C(=O)[CH]CS(=O)(=O)O. The van der Waals surface area contributed by atoms with Crippen LogP contribution in [0.4, 0.5) is 0 Å². The third-order valence-corrected chi connectivity index (χ3v) is 1.49. The highest BCUT2D eigenvalue weighted by Gasteiger charge is 2.09. The van der Waals surface area contributed by atoms with Gasteiger partial charge in [-0.2, -0.15) is 8.42 Å². The molecule has 63 valence electrons. The largest absolute Gasteiger partial charge is 0.294 e. The van der Waals surface area contributed by atoms with Crippen LogP contribution in [0.5, 0.6) is 0 Å². The highest BCUT2D eigenvalue weighted by molar-refractivity contribution is 7.85. The fourth-order valence-corrected chi connectivity index (χ4v) is 0.717. The van der Waals surface area contributed by atoms with E-state index >= 15 is 0 Å². The van der Waals surface area contributed by atoms with Crippen LogP contribution in [0.3, 0.4) is 0 Å². The van der Waals surface area contributed by atoms with Crippen LogP contribution in [0.2, 0.25) is 0 Å². The van der Waals surface area contributed by atoms with E-state index in [2.05, 4.69) is 6.58 Å². The smallest absolute Gasteiger partial charge is 0.265 e. The summed E-state index contributed by atoms with van der Waals surface area (Å²) in [6, 6.07) is 0. The molecule has 0 rings (SSSR count). The van der Waals surface area contributed by atoms with Crippen molar-refractivity contribution in [1.29, 1.82) is 0 Å². The predicted molar refractivity (Wildman–Crippen MR) is 40.5 cm³/mol. The number of carbonyl (C=O) groups excluding carboxylic acids is 1. The Bertz CT molecular complexity index is 262. The number of allylic oxidation sites excluding steroid dienone is 1. The van der Waals surface area contributed by atoms with Gasteiger partial charge in [-0.3, -0.25) is 9.35 Å². The summed E-state index contributed by atoms with van der Waals surface area (Å²) in [5.74, 6) is -1.12. The van der Waals surface area contributed by atoms with Gasteiger partial charge in [-0.05, 0) is 12.5 Å². The van der Waals surface area contributed by atoms with E-state index in [0.717, 1.165) is 6.42 Å². The van der Waals surface area contributed by atoms with Crippen molar-refractivity contribution < 1.29 is 17.8 Å². The summed E-state index contributed by atoms with van der Waals surface area (Å²) in [5.41, 5.74) is 0.244. The molecule has 0 aromatic carbocycles. The number of hydrogen-bond acceptors (Lipinski definition) is 3. The quantitative estimate of drug-likeness (QED) is 0.492. The van der Waals surface area contributed by atoms with Gasteiger partial charge in [-0.1, -0.05) is 6.58 Å². The average molecular weight is 177 g/mol. The molecule has 0 aliphatic heterocycles.